The molecular weight excluding hydrogens is 842 g/mol. The van der Waals surface area contributed by atoms with E-state index >= 15 is 0 Å². The first-order valence-electron chi connectivity index (χ1n) is 21.3. The van der Waals surface area contributed by atoms with E-state index in [2.05, 4.69) is 42.7 Å². The molecule has 3 aromatic heterocycles. The van der Waals surface area contributed by atoms with E-state index < -0.39 is 22.5 Å². The number of sulfonamides is 1. The number of alkyl halides is 2. The number of aryl methyl sites for hydroxylation is 1. The topological polar surface area (TPSA) is 168 Å². The Hall–Kier alpha value is -5.04. The van der Waals surface area contributed by atoms with Crippen molar-refractivity contribution < 1.29 is 26.8 Å². The number of likely N-dealkylation sites (tertiary alicyclic amines) is 1. The predicted molar refractivity (Wildman–Crippen MR) is 231 cm³/mol. The third-order valence-electron chi connectivity index (χ3n) is 12.8. The summed E-state index contributed by atoms with van der Waals surface area (Å²) in [6.45, 7) is 5.09. The highest BCUT2D eigenvalue weighted by atomic mass is 35.5. The fraction of sp³-hybridized carbons (Fsp3) is 0.488. The highest BCUT2D eigenvalue weighted by Crippen LogP contribution is 2.37. The van der Waals surface area contributed by atoms with E-state index in [4.69, 9.17) is 11.6 Å². The molecule has 3 saturated heterocycles. The maximum Gasteiger partial charge on any atom is 0.329 e. The average molecular weight is 891 g/mol. The normalized spacial score (nSPS) is 19.5. The summed E-state index contributed by atoms with van der Waals surface area (Å²) in [4.78, 5) is 49.9. The van der Waals surface area contributed by atoms with Gasteiger partial charge in [0.1, 0.15) is 10.7 Å². The number of pyridine rings is 1. The van der Waals surface area contributed by atoms with Gasteiger partial charge in [-0.05, 0) is 111 Å². The summed E-state index contributed by atoms with van der Waals surface area (Å²) in [6.07, 6.45) is 3.96. The average Bonchev–Trinajstić information content (AvgIpc) is 4.04. The molecule has 3 amide bonds. The summed E-state index contributed by atoms with van der Waals surface area (Å²) < 4.78 is 61.4. The van der Waals surface area contributed by atoms with Crippen LogP contribution in [0.15, 0.2) is 58.4 Å². The van der Waals surface area contributed by atoms with E-state index in [1.54, 1.807) is 21.5 Å². The number of carbonyl (C=O) groups excluding carboxylic acids is 2. The van der Waals surface area contributed by atoms with Crippen molar-refractivity contribution in [3.63, 3.8) is 0 Å². The molecule has 0 spiro atoms. The number of carbonyl (C=O) groups is 2. The molecule has 1 unspecified atom stereocenters. The van der Waals surface area contributed by atoms with Crippen LogP contribution in [-0.4, -0.2) is 99.2 Å². The smallest absolute Gasteiger partial charge is 0.329 e. The molecule has 0 bridgehead atoms. The summed E-state index contributed by atoms with van der Waals surface area (Å²) in [6, 6.07) is 11.3. The second kappa shape index (κ2) is 16.9. The Labute approximate surface area is 362 Å². The lowest BCUT2D eigenvalue weighted by Gasteiger charge is -2.34. The van der Waals surface area contributed by atoms with Gasteiger partial charge >= 0.3 is 6.03 Å². The van der Waals surface area contributed by atoms with E-state index in [1.165, 1.54) is 33.0 Å². The largest absolute Gasteiger partial charge is 0.351 e. The number of imide groups is 1. The third-order valence-corrected chi connectivity index (χ3v) is 14.9. The van der Waals surface area contributed by atoms with E-state index in [0.717, 1.165) is 49.7 Å². The Morgan fingerprint density at radius 3 is 2.42 bits per heavy atom. The number of amides is 3. The molecule has 5 aromatic rings. The van der Waals surface area contributed by atoms with Gasteiger partial charge in [0, 0.05) is 74.3 Å². The number of aromatic nitrogens is 5. The van der Waals surface area contributed by atoms with Crippen molar-refractivity contribution in [2.75, 3.05) is 49.5 Å². The molecule has 328 valence electrons. The fourth-order valence-corrected chi connectivity index (χ4v) is 11.1. The summed E-state index contributed by atoms with van der Waals surface area (Å²) in [5, 5.41) is 11.9. The van der Waals surface area contributed by atoms with Crippen molar-refractivity contribution in [2.24, 2.45) is 13.0 Å². The molecule has 6 heterocycles. The van der Waals surface area contributed by atoms with Crippen molar-refractivity contribution in [1.29, 1.82) is 0 Å². The number of halogens is 3. The first kappa shape index (κ1) is 42.3. The first-order chi connectivity index (χ1) is 29.7. The monoisotopic (exact) mass is 890 g/mol. The lowest BCUT2D eigenvalue weighted by molar-refractivity contribution is -0.120. The Morgan fingerprint density at radius 2 is 1.71 bits per heavy atom. The van der Waals surface area contributed by atoms with Gasteiger partial charge < -0.3 is 10.2 Å². The molecule has 62 heavy (non-hydrogen) atoms. The number of urea groups is 1. The minimum atomic E-state index is -3.96. The number of anilines is 2. The van der Waals surface area contributed by atoms with Gasteiger partial charge in [-0.2, -0.15) is 14.4 Å². The van der Waals surface area contributed by atoms with Gasteiger partial charge in [-0.15, -0.1) is 0 Å². The predicted octanol–water partition coefficient (Wildman–Crippen LogP) is 6.37. The Balaban J connectivity index is 0.806. The number of benzene rings is 2. The van der Waals surface area contributed by atoms with Crippen LogP contribution in [-0.2, 0) is 28.3 Å². The lowest BCUT2D eigenvalue weighted by Crippen LogP contribution is -2.49. The van der Waals surface area contributed by atoms with E-state index in [-0.39, 0.29) is 71.0 Å². The van der Waals surface area contributed by atoms with Crippen LogP contribution < -0.4 is 21.1 Å². The van der Waals surface area contributed by atoms with E-state index in [0.29, 0.717) is 60.1 Å². The fourth-order valence-electron chi connectivity index (χ4n) is 9.34. The highest BCUT2D eigenvalue weighted by Gasteiger charge is 2.33. The molecule has 9 rings (SSSR count). The van der Waals surface area contributed by atoms with Crippen molar-refractivity contribution in [3.8, 4) is 0 Å². The molecule has 15 nitrogen and oxygen atoms in total. The minimum Gasteiger partial charge on any atom is -0.351 e. The zero-order valence-electron chi connectivity index (χ0n) is 34.6. The van der Waals surface area contributed by atoms with Gasteiger partial charge in [0.05, 0.1) is 10.4 Å². The standard InChI is InChI=1S/C43H49ClF2N10O5S/c1-25(24-53-14-9-26(10-15-53)27-3-7-34-36(22-27)52(2)51-40(34)55-18-13-37(57)49-43(55)59)19-28-20-32(6-8-33(28)38(45)46)62(60,61)54-16-11-30(12-17-54)48-42-47-23-29-21-35(44)41(58)56(31-4-5-31)39(29)50-42/h3,6-8,20-23,25-26,30-31,38H,4-5,9-19,24H2,1-2H3,(H,47,48,50)(H,49,57,59). The van der Waals surface area contributed by atoms with Crippen molar-refractivity contribution >= 4 is 67.3 Å². The molecule has 4 aliphatic rings. The maximum absolute atomic E-state index is 14.3. The van der Waals surface area contributed by atoms with Crippen LogP contribution in [0.4, 0.5) is 25.3 Å². The van der Waals surface area contributed by atoms with Gasteiger partial charge in [-0.3, -0.25) is 29.1 Å². The van der Waals surface area contributed by atoms with Crippen LogP contribution in [0.2, 0.25) is 5.02 Å². The van der Waals surface area contributed by atoms with Crippen molar-refractivity contribution in [3.05, 3.63) is 80.7 Å². The first-order valence-corrected chi connectivity index (χ1v) is 23.1. The van der Waals surface area contributed by atoms with E-state index in [9.17, 15) is 31.6 Å². The molecule has 19 heteroatoms. The number of nitrogens with zero attached hydrogens (tertiary/aromatic N) is 8. The van der Waals surface area contributed by atoms with Crippen LogP contribution in [0.5, 0.6) is 0 Å². The molecule has 1 aliphatic carbocycles. The highest BCUT2D eigenvalue weighted by molar-refractivity contribution is 7.89. The third kappa shape index (κ3) is 8.41. The zero-order chi connectivity index (χ0) is 43.4. The number of nitrogens with one attached hydrogen (secondary N) is 2. The van der Waals surface area contributed by atoms with Gasteiger partial charge in [0.2, 0.25) is 21.9 Å². The summed E-state index contributed by atoms with van der Waals surface area (Å²) in [5.74, 6) is 0.886. The van der Waals surface area contributed by atoms with Gasteiger partial charge in [0.25, 0.3) is 12.0 Å². The van der Waals surface area contributed by atoms with Crippen molar-refractivity contribution in [2.45, 2.75) is 87.6 Å². The molecule has 2 N–H and O–H groups in total. The number of rotatable bonds is 12. The molecule has 4 fully saturated rings. The van der Waals surface area contributed by atoms with E-state index in [1.807, 2.05) is 20.0 Å². The van der Waals surface area contributed by atoms with Gasteiger partial charge in [-0.25, -0.2) is 27.0 Å². The number of hydrogen-bond donors (Lipinski definition) is 2. The van der Waals surface area contributed by atoms with Crippen LogP contribution >= 0.6 is 11.6 Å². The Bertz CT molecular complexity index is 2730. The summed E-state index contributed by atoms with van der Waals surface area (Å²) in [5.41, 5.74) is 2.52. The second-order valence-corrected chi connectivity index (χ2v) is 19.6. The quantitative estimate of drug-likeness (QED) is 0.144. The lowest BCUT2D eigenvalue weighted by atomic mass is 9.88. The molecule has 1 atom stereocenters. The minimum absolute atomic E-state index is 0.0105. The van der Waals surface area contributed by atoms with Gasteiger partial charge in [-0.1, -0.05) is 30.7 Å². The second-order valence-electron chi connectivity index (χ2n) is 17.2. The number of piperidine rings is 2. The van der Waals surface area contributed by atoms with Crippen LogP contribution in [0.25, 0.3) is 21.9 Å². The Kier molecular flexibility index (Phi) is 11.5. The summed E-state index contributed by atoms with van der Waals surface area (Å²) in [7, 11) is -2.12. The maximum atomic E-state index is 14.3. The van der Waals surface area contributed by atoms with Crippen LogP contribution in [0.3, 0.4) is 0 Å². The molecule has 3 aliphatic heterocycles. The number of fused-ring (bicyclic) bond motifs is 2. The summed E-state index contributed by atoms with van der Waals surface area (Å²) >= 11 is 6.19. The van der Waals surface area contributed by atoms with Crippen LogP contribution in [0, 0.1) is 5.92 Å². The van der Waals surface area contributed by atoms with Crippen LogP contribution in [0.1, 0.15) is 86.9 Å². The number of hydrogen-bond acceptors (Lipinski definition) is 10. The molecule has 0 radical (unpaired) electrons. The Morgan fingerprint density at radius 1 is 0.952 bits per heavy atom. The van der Waals surface area contributed by atoms with Crippen molar-refractivity contribution in [1.82, 2.24) is 38.8 Å². The molecule has 1 saturated carbocycles. The molecular formula is C43H49ClF2N10O5S. The zero-order valence-corrected chi connectivity index (χ0v) is 36.1. The SMILES string of the molecule is CC(Cc1cc(S(=O)(=O)N2CCC(Nc3ncc4cc(Cl)c(=O)n(C5CC5)c4n3)CC2)ccc1C(F)F)CN1CCC(c2ccc3c(N4CCC(=O)NC4=O)nn(C)c3c2)CC1. The molecule has 2 aromatic carbocycles. The van der Waals surface area contributed by atoms with Gasteiger partial charge in [0.15, 0.2) is 5.82 Å².